The number of primary amides is 2. The Bertz CT molecular complexity index is 1210. The molecule has 0 aromatic heterocycles. The normalized spacial score (nSPS) is 13.4. The molecule has 0 radical (unpaired) electrons. The quantitative estimate of drug-likeness (QED) is 0.0294. The van der Waals surface area contributed by atoms with Crippen molar-refractivity contribution in [3.05, 3.63) is 0 Å². The Morgan fingerprint density at radius 2 is 0.690 bits per heavy atom. The maximum atomic E-state index is 11.5. The van der Waals surface area contributed by atoms with Gasteiger partial charge in [-0.2, -0.15) is 16.8 Å². The third-order valence-electron chi connectivity index (χ3n) is 9.67. The molecule has 0 heterocycles. The maximum absolute atomic E-state index is 11.5. The molecule has 16 nitrogen and oxygen atoms in total. The van der Waals surface area contributed by atoms with Gasteiger partial charge in [0.05, 0.1) is 24.8 Å². The second kappa shape index (κ2) is 38.3. The molecule has 0 bridgehead atoms. The van der Waals surface area contributed by atoms with E-state index in [4.69, 9.17) is 20.9 Å². The first-order valence-electron chi connectivity index (χ1n) is 20.4. The molecule has 6 N–H and O–H groups in total. The van der Waals surface area contributed by atoms with Crippen molar-refractivity contribution in [2.24, 2.45) is 11.5 Å². The van der Waals surface area contributed by atoms with Gasteiger partial charge in [0.15, 0.2) is 0 Å². The molecule has 0 aliphatic heterocycles. The van der Waals surface area contributed by atoms with Gasteiger partial charge in [-0.15, -0.1) is 0 Å². The molecule has 0 aromatic rings. The van der Waals surface area contributed by atoms with Crippen LogP contribution < -0.4 is 80.8 Å². The van der Waals surface area contributed by atoms with E-state index >= 15 is 0 Å². The molecule has 58 heavy (non-hydrogen) atoms. The first-order valence-corrected chi connectivity index (χ1v) is 23.3. The van der Waals surface area contributed by atoms with E-state index in [1.165, 1.54) is 89.9 Å². The molecule has 0 saturated heterocycles. The van der Waals surface area contributed by atoms with Crippen LogP contribution in [0.1, 0.15) is 181 Å². The van der Waals surface area contributed by atoms with Crippen LogP contribution in [0, 0.1) is 0 Å². The SMILES string of the molecule is CCCCCCCCCCCCOCCCC(CC(N)=O)(C(=O)[O-])S(=O)(=O)O.CCCCCCCCCCCCOCCCC(CC(N)=O)(C(=O)[O-])S(=O)(=O)O.[Na+].[Na+]. The van der Waals surface area contributed by atoms with Crippen LogP contribution in [0.2, 0.25) is 0 Å². The number of nitrogens with two attached hydrogens (primary N) is 2. The second-order valence-electron chi connectivity index (χ2n) is 14.6. The molecule has 2 unspecified atom stereocenters. The number of aliphatic carboxylic acids is 2. The molecule has 0 aromatic carbocycles. The smallest absolute Gasteiger partial charge is 0.548 e. The van der Waals surface area contributed by atoms with Gasteiger partial charge in [-0.05, 0) is 38.5 Å². The summed E-state index contributed by atoms with van der Waals surface area (Å²) in [7, 11) is -10.1. The van der Waals surface area contributed by atoms with Crippen LogP contribution in [0.3, 0.4) is 0 Å². The largest absolute Gasteiger partial charge is 1.00 e. The second-order valence-corrected chi connectivity index (χ2v) is 18.1. The molecule has 20 heteroatoms. The van der Waals surface area contributed by atoms with E-state index in [1.54, 1.807) is 0 Å². The van der Waals surface area contributed by atoms with E-state index < -0.39 is 79.2 Å². The number of unbranched alkanes of at least 4 members (excludes halogenated alkanes) is 18. The van der Waals surface area contributed by atoms with Crippen LogP contribution in [0.4, 0.5) is 0 Å². The first-order chi connectivity index (χ1) is 26.3. The van der Waals surface area contributed by atoms with Crippen molar-refractivity contribution in [2.75, 3.05) is 26.4 Å². The fraction of sp³-hybridized carbons (Fsp3) is 0.895. The summed E-state index contributed by atoms with van der Waals surface area (Å²) >= 11 is 0. The van der Waals surface area contributed by atoms with Gasteiger partial charge in [-0.3, -0.25) is 18.7 Å². The van der Waals surface area contributed by atoms with E-state index in [9.17, 15) is 55.3 Å². The minimum Gasteiger partial charge on any atom is -0.548 e. The van der Waals surface area contributed by atoms with Crippen molar-refractivity contribution in [3.8, 4) is 0 Å². The number of rotatable bonds is 38. The number of carboxylic acid groups (broad SMARTS) is 2. The molecule has 0 spiro atoms. The zero-order chi connectivity index (χ0) is 42.9. The maximum Gasteiger partial charge on any atom is 1.00 e. The average Bonchev–Trinajstić information content (AvgIpc) is 3.09. The minimum absolute atomic E-state index is 0. The van der Waals surface area contributed by atoms with Crippen LogP contribution >= 0.6 is 0 Å². The molecular formula is C38H72N2Na2O14S2. The van der Waals surface area contributed by atoms with Crippen molar-refractivity contribution in [1.82, 2.24) is 0 Å². The van der Waals surface area contributed by atoms with Crippen molar-refractivity contribution >= 4 is 44.0 Å². The Balaban J connectivity index is -0.000000486. The fourth-order valence-corrected chi connectivity index (χ4v) is 8.12. The number of amides is 2. The first kappa shape index (κ1) is 64.2. The summed E-state index contributed by atoms with van der Waals surface area (Å²) in [5, 5.41) is 22.5. The van der Waals surface area contributed by atoms with Gasteiger partial charge >= 0.3 is 59.1 Å². The Morgan fingerprint density at radius 1 is 0.466 bits per heavy atom. The van der Waals surface area contributed by atoms with Gasteiger partial charge in [0.1, 0.15) is 9.49 Å². The van der Waals surface area contributed by atoms with Crippen LogP contribution in [-0.4, -0.2) is 85.6 Å². The Hall–Kier alpha value is -0.380. The van der Waals surface area contributed by atoms with E-state index in [-0.39, 0.29) is 85.2 Å². The number of carboxylic acids is 2. The van der Waals surface area contributed by atoms with Gasteiger partial charge in [-0.25, -0.2) is 0 Å². The summed E-state index contributed by atoms with van der Waals surface area (Å²) in [6, 6.07) is 0. The molecule has 2 amide bonds. The van der Waals surface area contributed by atoms with Crippen molar-refractivity contribution in [2.45, 2.75) is 190 Å². The monoisotopic (exact) mass is 890 g/mol. The Morgan fingerprint density at radius 3 is 0.897 bits per heavy atom. The summed E-state index contributed by atoms with van der Waals surface area (Å²) < 4.78 is 69.8. The Labute approximate surface area is 392 Å². The summed E-state index contributed by atoms with van der Waals surface area (Å²) in [6.07, 6.45) is 21.0. The molecular weight excluding hydrogens is 819 g/mol. The van der Waals surface area contributed by atoms with E-state index in [0.29, 0.717) is 13.2 Å². The zero-order valence-electron chi connectivity index (χ0n) is 36.0. The van der Waals surface area contributed by atoms with E-state index in [2.05, 4.69) is 13.8 Å². The molecule has 2 atom stereocenters. The predicted octanol–water partition coefficient (Wildman–Crippen LogP) is -2.08. The molecule has 332 valence electrons. The van der Waals surface area contributed by atoms with Gasteiger partial charge in [0.25, 0.3) is 20.2 Å². The standard InChI is InChI=1S/2C19H37NO7S.2Na/c2*1-2-3-4-5-6-7-8-9-10-11-14-27-15-12-13-19(18(22)23,16-17(20)21)28(24,25)26;;/h2*2-16H2,1H3,(H2,20,21)(H,22,23)(H,24,25,26);;/q;;2*+1/p-2. The van der Waals surface area contributed by atoms with Gasteiger partial charge in [-0.1, -0.05) is 129 Å². The number of hydrogen-bond donors (Lipinski definition) is 4. The van der Waals surface area contributed by atoms with Gasteiger partial charge in [0.2, 0.25) is 11.8 Å². The predicted molar refractivity (Wildman–Crippen MR) is 210 cm³/mol. The average molecular weight is 891 g/mol. The summed E-state index contributed by atoms with van der Waals surface area (Å²) in [5.41, 5.74) is 9.85. The van der Waals surface area contributed by atoms with Crippen molar-refractivity contribution < 1.29 is 124 Å². The van der Waals surface area contributed by atoms with Crippen molar-refractivity contribution in [3.63, 3.8) is 0 Å². The minimum atomic E-state index is -5.06. The van der Waals surface area contributed by atoms with Gasteiger partial charge in [0, 0.05) is 26.4 Å². The molecule has 0 rings (SSSR count). The zero-order valence-corrected chi connectivity index (χ0v) is 41.6. The van der Waals surface area contributed by atoms with E-state index in [0.717, 1.165) is 38.5 Å². The third-order valence-corrected chi connectivity index (χ3v) is 12.7. The van der Waals surface area contributed by atoms with Crippen LogP contribution in [-0.2, 0) is 48.9 Å². The van der Waals surface area contributed by atoms with Gasteiger partial charge < -0.3 is 40.7 Å². The van der Waals surface area contributed by atoms with Crippen molar-refractivity contribution in [1.29, 1.82) is 0 Å². The summed E-state index contributed by atoms with van der Waals surface area (Å²) in [5.74, 6) is -6.37. The number of ether oxygens (including phenoxy) is 2. The molecule has 0 saturated carbocycles. The van der Waals surface area contributed by atoms with Crippen LogP contribution in [0.5, 0.6) is 0 Å². The van der Waals surface area contributed by atoms with Crippen LogP contribution in [0.15, 0.2) is 0 Å². The number of carbonyl (C=O) groups is 4. The molecule has 0 aliphatic rings. The third kappa shape index (κ3) is 30.6. The Kier molecular flexibility index (Phi) is 42.4. The van der Waals surface area contributed by atoms with Crippen LogP contribution in [0.25, 0.3) is 0 Å². The molecule has 0 aliphatic carbocycles. The molecule has 0 fully saturated rings. The number of hydrogen-bond acceptors (Lipinski definition) is 12. The van der Waals surface area contributed by atoms with E-state index in [1.807, 2.05) is 0 Å². The summed E-state index contributed by atoms with van der Waals surface area (Å²) in [6.45, 7) is 5.66. The fourth-order valence-electron chi connectivity index (χ4n) is 6.25. The summed E-state index contributed by atoms with van der Waals surface area (Å²) in [4.78, 5) is 44.6. The topological polar surface area (TPSA) is 294 Å². The number of carbonyl (C=O) groups excluding carboxylic acids is 4.